The van der Waals surface area contributed by atoms with E-state index < -0.39 is 0 Å². The highest BCUT2D eigenvalue weighted by atomic mass is 35.5. The van der Waals surface area contributed by atoms with E-state index in [1.165, 1.54) is 0 Å². The van der Waals surface area contributed by atoms with E-state index >= 15 is 0 Å². The molecule has 0 spiro atoms. The molecule has 1 saturated heterocycles. The molecule has 0 aromatic carbocycles. The van der Waals surface area contributed by atoms with Crippen molar-refractivity contribution >= 4 is 39.0 Å². The van der Waals surface area contributed by atoms with E-state index in [0.29, 0.717) is 5.28 Å². The quantitative estimate of drug-likeness (QED) is 0.754. The molecule has 1 aliphatic rings. The lowest BCUT2D eigenvalue weighted by molar-refractivity contribution is 0.0820. The Morgan fingerprint density at radius 3 is 3.28 bits per heavy atom. The minimum Gasteiger partial charge on any atom is -0.377 e. The van der Waals surface area contributed by atoms with Gasteiger partial charge in [0.2, 0.25) is 5.28 Å². The fourth-order valence-electron chi connectivity index (χ4n) is 2.24. The average Bonchev–Trinajstić information content (AvgIpc) is 2.69. The van der Waals surface area contributed by atoms with Crippen LogP contribution in [-0.4, -0.2) is 35.8 Å². The zero-order valence-corrected chi connectivity index (χ0v) is 11.7. The maximum absolute atomic E-state index is 6.00. The topological polar surface area (TPSA) is 38.2 Å². The largest absolute Gasteiger partial charge is 0.377 e. The first kappa shape index (κ1) is 12.1. The summed E-state index contributed by atoms with van der Waals surface area (Å²) in [6, 6.07) is 2.06. The first-order chi connectivity index (χ1) is 8.74. The van der Waals surface area contributed by atoms with Gasteiger partial charge in [-0.2, -0.15) is 4.98 Å². The molecule has 18 heavy (non-hydrogen) atoms. The highest BCUT2D eigenvalue weighted by Gasteiger charge is 2.19. The minimum atomic E-state index is 0.218. The van der Waals surface area contributed by atoms with Crippen molar-refractivity contribution in [3.05, 3.63) is 16.7 Å². The SMILES string of the molecule is CC1CN(c2nc(Cl)nc3sccc23)CCCO1. The first-order valence-electron chi connectivity index (χ1n) is 6.01. The van der Waals surface area contributed by atoms with Gasteiger partial charge in [0.05, 0.1) is 11.5 Å². The Morgan fingerprint density at radius 2 is 2.39 bits per heavy atom. The van der Waals surface area contributed by atoms with Crippen LogP contribution in [0.5, 0.6) is 0 Å². The number of hydrogen-bond acceptors (Lipinski definition) is 5. The summed E-state index contributed by atoms with van der Waals surface area (Å²) < 4.78 is 5.66. The van der Waals surface area contributed by atoms with E-state index in [1.807, 2.05) is 5.38 Å². The van der Waals surface area contributed by atoms with Crippen LogP contribution in [-0.2, 0) is 4.74 Å². The van der Waals surface area contributed by atoms with Crippen LogP contribution in [0.2, 0.25) is 5.28 Å². The average molecular weight is 284 g/mol. The van der Waals surface area contributed by atoms with Gasteiger partial charge in [-0.05, 0) is 36.4 Å². The molecule has 0 bridgehead atoms. The van der Waals surface area contributed by atoms with Crippen molar-refractivity contribution in [1.29, 1.82) is 0 Å². The predicted octanol–water partition coefficient (Wildman–Crippen LogP) is 2.96. The number of halogens is 1. The Kier molecular flexibility index (Phi) is 3.37. The third kappa shape index (κ3) is 2.30. The van der Waals surface area contributed by atoms with Crippen LogP contribution in [0, 0.1) is 0 Å². The molecule has 1 atom stereocenters. The van der Waals surface area contributed by atoms with Crippen LogP contribution < -0.4 is 4.90 Å². The molecular formula is C12H14ClN3OS. The molecular weight excluding hydrogens is 270 g/mol. The third-order valence-corrected chi connectivity index (χ3v) is 4.01. The standard InChI is InChI=1S/C12H14ClN3OS/c1-8-7-16(4-2-5-17-8)10-9-3-6-18-11(9)15-12(13)14-10/h3,6,8H,2,4-5,7H2,1H3. The Morgan fingerprint density at radius 1 is 1.50 bits per heavy atom. The smallest absolute Gasteiger partial charge is 0.225 e. The van der Waals surface area contributed by atoms with Crippen molar-refractivity contribution in [3.63, 3.8) is 0 Å². The van der Waals surface area contributed by atoms with Gasteiger partial charge < -0.3 is 9.64 Å². The second-order valence-corrected chi connectivity index (χ2v) is 5.67. The molecule has 2 aromatic rings. The van der Waals surface area contributed by atoms with Crippen LogP contribution in [0.25, 0.3) is 10.2 Å². The molecule has 1 fully saturated rings. The van der Waals surface area contributed by atoms with Gasteiger partial charge >= 0.3 is 0 Å². The molecule has 1 unspecified atom stereocenters. The molecule has 0 aliphatic carbocycles. The monoisotopic (exact) mass is 283 g/mol. The number of anilines is 1. The van der Waals surface area contributed by atoms with Crippen molar-refractivity contribution in [2.75, 3.05) is 24.6 Å². The second kappa shape index (κ2) is 4.99. The molecule has 0 N–H and O–H groups in total. The summed E-state index contributed by atoms with van der Waals surface area (Å²) in [5, 5.41) is 3.42. The van der Waals surface area contributed by atoms with E-state index in [1.54, 1.807) is 11.3 Å². The van der Waals surface area contributed by atoms with E-state index in [2.05, 4.69) is 27.9 Å². The molecule has 0 saturated carbocycles. The molecule has 96 valence electrons. The van der Waals surface area contributed by atoms with Gasteiger partial charge in [0.1, 0.15) is 10.6 Å². The van der Waals surface area contributed by atoms with E-state index in [0.717, 1.165) is 42.2 Å². The zero-order chi connectivity index (χ0) is 12.5. The highest BCUT2D eigenvalue weighted by molar-refractivity contribution is 7.16. The lowest BCUT2D eigenvalue weighted by atomic mass is 10.3. The van der Waals surface area contributed by atoms with Crippen molar-refractivity contribution in [3.8, 4) is 0 Å². The lowest BCUT2D eigenvalue weighted by Gasteiger charge is -2.23. The molecule has 0 amide bonds. The number of hydrogen-bond donors (Lipinski definition) is 0. The fourth-order valence-corrected chi connectivity index (χ4v) is 3.22. The summed E-state index contributed by atoms with van der Waals surface area (Å²) in [5.41, 5.74) is 0. The normalized spacial score (nSPS) is 21.2. The Labute approximate surface area is 115 Å². The zero-order valence-electron chi connectivity index (χ0n) is 10.1. The van der Waals surface area contributed by atoms with Crippen LogP contribution in [0.3, 0.4) is 0 Å². The molecule has 4 nitrogen and oxygen atoms in total. The first-order valence-corrected chi connectivity index (χ1v) is 7.27. The lowest BCUT2D eigenvalue weighted by Crippen LogP contribution is -2.31. The van der Waals surface area contributed by atoms with Crippen LogP contribution in [0.15, 0.2) is 11.4 Å². The molecule has 0 radical (unpaired) electrons. The summed E-state index contributed by atoms with van der Waals surface area (Å²) in [5.74, 6) is 0.934. The Bertz CT molecular complexity index is 559. The summed E-state index contributed by atoms with van der Waals surface area (Å²) >= 11 is 7.60. The number of rotatable bonds is 1. The van der Waals surface area contributed by atoms with Gasteiger partial charge in [0.15, 0.2) is 0 Å². The number of ether oxygens (including phenoxy) is 1. The predicted molar refractivity (Wildman–Crippen MR) is 74.7 cm³/mol. The van der Waals surface area contributed by atoms with Gasteiger partial charge in [0, 0.05) is 19.7 Å². The number of fused-ring (bicyclic) bond motifs is 1. The molecule has 2 aromatic heterocycles. The summed E-state index contributed by atoms with van der Waals surface area (Å²) in [7, 11) is 0. The maximum atomic E-state index is 6.00. The number of nitrogens with zero attached hydrogens (tertiary/aromatic N) is 3. The van der Waals surface area contributed by atoms with E-state index in [4.69, 9.17) is 16.3 Å². The summed E-state index contributed by atoms with van der Waals surface area (Å²) in [6.07, 6.45) is 1.23. The Hall–Kier alpha value is -0.910. The van der Waals surface area contributed by atoms with Gasteiger partial charge in [0.25, 0.3) is 0 Å². The second-order valence-electron chi connectivity index (χ2n) is 4.44. The maximum Gasteiger partial charge on any atom is 0.225 e. The number of aromatic nitrogens is 2. The summed E-state index contributed by atoms with van der Waals surface area (Å²) in [4.78, 5) is 11.9. The third-order valence-electron chi connectivity index (χ3n) is 3.03. The molecule has 3 heterocycles. The fraction of sp³-hybridized carbons (Fsp3) is 0.500. The van der Waals surface area contributed by atoms with Gasteiger partial charge in [-0.15, -0.1) is 11.3 Å². The van der Waals surface area contributed by atoms with Gasteiger partial charge in [-0.3, -0.25) is 0 Å². The van der Waals surface area contributed by atoms with Gasteiger partial charge in [-0.1, -0.05) is 0 Å². The summed E-state index contributed by atoms with van der Waals surface area (Å²) in [6.45, 7) is 4.69. The van der Waals surface area contributed by atoms with Crippen LogP contribution >= 0.6 is 22.9 Å². The Balaban J connectivity index is 2.03. The molecule has 6 heteroatoms. The molecule has 3 rings (SSSR count). The van der Waals surface area contributed by atoms with Crippen LogP contribution in [0.4, 0.5) is 5.82 Å². The minimum absolute atomic E-state index is 0.218. The molecule has 1 aliphatic heterocycles. The van der Waals surface area contributed by atoms with Crippen molar-refractivity contribution in [2.24, 2.45) is 0 Å². The van der Waals surface area contributed by atoms with E-state index in [9.17, 15) is 0 Å². The van der Waals surface area contributed by atoms with Crippen molar-refractivity contribution in [1.82, 2.24) is 9.97 Å². The van der Waals surface area contributed by atoms with Gasteiger partial charge in [-0.25, -0.2) is 4.98 Å². The van der Waals surface area contributed by atoms with Crippen molar-refractivity contribution in [2.45, 2.75) is 19.4 Å². The van der Waals surface area contributed by atoms with Crippen molar-refractivity contribution < 1.29 is 4.74 Å². The number of thiophene rings is 1. The van der Waals surface area contributed by atoms with Crippen LogP contribution in [0.1, 0.15) is 13.3 Å². The highest BCUT2D eigenvalue weighted by Crippen LogP contribution is 2.29. The van der Waals surface area contributed by atoms with E-state index in [-0.39, 0.29) is 6.10 Å².